The Hall–Kier alpha value is -2.62. The molecule has 1 fully saturated rings. The fraction of sp³-hybridized carbons (Fsp3) is 0.423. The number of nitrogens with one attached hydrogen (secondary N) is 3. The lowest BCUT2D eigenvalue weighted by Crippen LogP contribution is -2.39. The summed E-state index contributed by atoms with van der Waals surface area (Å²) in [5.74, 6) is -3.50. The summed E-state index contributed by atoms with van der Waals surface area (Å²) in [6.45, 7) is 6.56. The quantitative estimate of drug-likeness (QED) is 0.280. The van der Waals surface area contributed by atoms with Crippen LogP contribution in [0.3, 0.4) is 0 Å². The largest absolute Gasteiger partial charge is 0.394 e. The highest BCUT2D eigenvalue weighted by Crippen LogP contribution is 2.47. The lowest BCUT2D eigenvalue weighted by atomic mass is 9.96. The van der Waals surface area contributed by atoms with Crippen molar-refractivity contribution in [3.63, 3.8) is 0 Å². The molecule has 0 spiro atoms. The highest BCUT2D eigenvalue weighted by molar-refractivity contribution is 8.05. The standard InChI is InChI=1S/C26H30F3N5O4S2/c1-26(2,3)24-31-20(22(39-24)21-18-11-34(18)25(32-21)30-10-13(36)12-35)14-6-4-9-17(19(14)29)33-40(37,38)23-15(27)7-5-8-16(23)28/h4-9,13,18,24-25,30-31,33,35-36H,10-12H2,1-3H3. The molecule has 3 aliphatic rings. The van der Waals surface area contributed by atoms with Gasteiger partial charge in [0, 0.05) is 18.7 Å². The fourth-order valence-corrected chi connectivity index (χ4v) is 7.12. The van der Waals surface area contributed by atoms with E-state index in [1.165, 1.54) is 30.0 Å². The maximum absolute atomic E-state index is 16.0. The molecule has 0 saturated carbocycles. The van der Waals surface area contributed by atoms with Gasteiger partial charge in [-0.25, -0.2) is 21.6 Å². The van der Waals surface area contributed by atoms with Crippen LogP contribution in [0.2, 0.25) is 0 Å². The Morgan fingerprint density at radius 1 is 1.18 bits per heavy atom. The van der Waals surface area contributed by atoms with Gasteiger partial charge in [-0.15, -0.1) is 0 Å². The zero-order valence-corrected chi connectivity index (χ0v) is 23.6. The summed E-state index contributed by atoms with van der Waals surface area (Å²) >= 11 is 1.50. The van der Waals surface area contributed by atoms with E-state index in [-0.39, 0.29) is 35.5 Å². The van der Waals surface area contributed by atoms with E-state index in [9.17, 15) is 22.3 Å². The van der Waals surface area contributed by atoms with Crippen LogP contribution in [-0.2, 0) is 10.0 Å². The molecule has 216 valence electrons. The van der Waals surface area contributed by atoms with Crippen molar-refractivity contribution in [1.29, 1.82) is 0 Å². The van der Waals surface area contributed by atoms with Crippen molar-refractivity contribution in [2.75, 3.05) is 24.4 Å². The van der Waals surface area contributed by atoms with E-state index in [1.54, 1.807) is 0 Å². The van der Waals surface area contributed by atoms with Crippen molar-refractivity contribution in [2.24, 2.45) is 10.4 Å². The van der Waals surface area contributed by atoms with Crippen LogP contribution in [0.15, 0.2) is 51.2 Å². The Morgan fingerprint density at radius 2 is 1.85 bits per heavy atom. The zero-order chi connectivity index (χ0) is 29.0. The van der Waals surface area contributed by atoms with Gasteiger partial charge in [-0.3, -0.25) is 19.9 Å². The first kappa shape index (κ1) is 28.9. The third-order valence-corrected chi connectivity index (χ3v) is 9.87. The number of aliphatic imine (C=N–C) groups is 1. The van der Waals surface area contributed by atoms with Gasteiger partial charge in [0.2, 0.25) is 0 Å². The second-order valence-corrected chi connectivity index (χ2v) is 13.6. The molecular weight excluding hydrogens is 567 g/mol. The van der Waals surface area contributed by atoms with E-state index in [1.807, 2.05) is 25.5 Å². The van der Waals surface area contributed by atoms with Crippen LogP contribution < -0.4 is 15.4 Å². The summed E-state index contributed by atoms with van der Waals surface area (Å²) in [4.78, 5) is 6.34. The molecule has 9 nitrogen and oxygen atoms in total. The van der Waals surface area contributed by atoms with Gasteiger partial charge in [-0.2, -0.15) is 0 Å². The molecule has 0 aromatic heterocycles. The van der Waals surface area contributed by atoms with Crippen molar-refractivity contribution < 1.29 is 31.8 Å². The molecule has 1 saturated heterocycles. The number of rotatable bonds is 9. The molecule has 5 unspecified atom stereocenters. The minimum absolute atomic E-state index is 0.0180. The molecule has 0 bridgehead atoms. The minimum atomic E-state index is -4.78. The van der Waals surface area contributed by atoms with E-state index < -0.39 is 50.5 Å². The first-order valence-electron chi connectivity index (χ1n) is 12.6. The molecule has 5 rings (SSSR count). The molecule has 5 atom stereocenters. The van der Waals surface area contributed by atoms with Crippen LogP contribution in [0.5, 0.6) is 0 Å². The van der Waals surface area contributed by atoms with Crippen molar-refractivity contribution in [3.8, 4) is 0 Å². The molecule has 0 radical (unpaired) electrons. The number of nitrogens with zero attached hydrogens (tertiary/aromatic N) is 2. The maximum atomic E-state index is 16.0. The molecule has 0 aliphatic carbocycles. The third kappa shape index (κ3) is 5.48. The average molecular weight is 598 g/mol. The van der Waals surface area contributed by atoms with Gasteiger partial charge in [-0.1, -0.05) is 44.7 Å². The minimum Gasteiger partial charge on any atom is -0.394 e. The Bertz CT molecular complexity index is 1480. The van der Waals surface area contributed by atoms with Gasteiger partial charge in [0.25, 0.3) is 10.0 Å². The van der Waals surface area contributed by atoms with Crippen LogP contribution in [0.1, 0.15) is 26.3 Å². The summed E-state index contributed by atoms with van der Waals surface area (Å²) in [7, 11) is -4.78. The smallest absolute Gasteiger partial charge is 0.267 e. The fourth-order valence-electron chi connectivity index (χ4n) is 4.56. The SMILES string of the molecule is CC(C)(C)C1NC(c2cccc(NS(=O)(=O)c3c(F)cccc3F)c2F)=C(C2=NC(NCC(O)CO)N3CC23)S1. The number of aliphatic hydroxyl groups is 2. The summed E-state index contributed by atoms with van der Waals surface area (Å²) in [6.07, 6.45) is -1.35. The molecule has 40 heavy (non-hydrogen) atoms. The first-order valence-corrected chi connectivity index (χ1v) is 15.0. The van der Waals surface area contributed by atoms with Crippen LogP contribution in [0.4, 0.5) is 18.9 Å². The molecule has 2 aromatic carbocycles. The predicted molar refractivity (Wildman–Crippen MR) is 147 cm³/mol. The van der Waals surface area contributed by atoms with Gasteiger partial charge in [0.15, 0.2) is 17.0 Å². The number of sulfonamides is 1. The molecular formula is C26H30F3N5O4S2. The van der Waals surface area contributed by atoms with E-state index in [0.717, 1.165) is 23.9 Å². The highest BCUT2D eigenvalue weighted by Gasteiger charge is 2.52. The number of benzene rings is 2. The summed E-state index contributed by atoms with van der Waals surface area (Å²) in [5, 5.41) is 25.2. The number of hydrogen-bond acceptors (Lipinski definition) is 9. The van der Waals surface area contributed by atoms with Crippen LogP contribution in [0.25, 0.3) is 5.70 Å². The maximum Gasteiger partial charge on any atom is 0.267 e. The summed E-state index contributed by atoms with van der Waals surface area (Å²) in [6, 6.07) is 6.77. The lowest BCUT2D eigenvalue weighted by molar-refractivity contribution is 0.0886. The second-order valence-electron chi connectivity index (χ2n) is 10.9. The van der Waals surface area contributed by atoms with Crippen molar-refractivity contribution in [2.45, 2.75) is 49.5 Å². The molecule has 0 amide bonds. The van der Waals surface area contributed by atoms with Gasteiger partial charge in [0.05, 0.1) is 46.1 Å². The van der Waals surface area contributed by atoms with Gasteiger partial charge >= 0.3 is 0 Å². The Kier molecular flexibility index (Phi) is 7.70. The van der Waals surface area contributed by atoms with E-state index >= 15 is 4.39 Å². The monoisotopic (exact) mass is 597 g/mol. The lowest BCUT2D eigenvalue weighted by Gasteiger charge is -2.27. The molecule has 3 aliphatic heterocycles. The number of thioether (sulfide) groups is 1. The Morgan fingerprint density at radius 3 is 2.50 bits per heavy atom. The average Bonchev–Trinajstić information content (AvgIpc) is 3.39. The Labute approximate surface area is 234 Å². The summed E-state index contributed by atoms with van der Waals surface area (Å²) < 4.78 is 72.1. The van der Waals surface area contributed by atoms with Crippen molar-refractivity contribution >= 4 is 38.9 Å². The number of anilines is 1. The number of fused-ring (bicyclic) bond motifs is 1. The van der Waals surface area contributed by atoms with Crippen LogP contribution in [0, 0.1) is 22.9 Å². The van der Waals surface area contributed by atoms with E-state index in [4.69, 9.17) is 10.1 Å². The van der Waals surface area contributed by atoms with Gasteiger partial charge < -0.3 is 15.5 Å². The third-order valence-electron chi connectivity index (χ3n) is 6.75. The topological polar surface area (TPSA) is 126 Å². The molecule has 14 heteroatoms. The van der Waals surface area contributed by atoms with Gasteiger partial charge in [-0.05, 0) is 29.7 Å². The van der Waals surface area contributed by atoms with E-state index in [2.05, 4.69) is 15.5 Å². The first-order chi connectivity index (χ1) is 18.8. The normalized spacial score (nSPS) is 24.9. The van der Waals surface area contributed by atoms with E-state index in [0.29, 0.717) is 17.1 Å². The number of aliphatic hydroxyl groups excluding tert-OH is 2. The van der Waals surface area contributed by atoms with Gasteiger partial charge in [0.1, 0.15) is 11.6 Å². The van der Waals surface area contributed by atoms with Crippen molar-refractivity contribution in [1.82, 2.24) is 15.5 Å². The highest BCUT2D eigenvalue weighted by atomic mass is 32.2. The predicted octanol–water partition coefficient (Wildman–Crippen LogP) is 2.65. The second kappa shape index (κ2) is 10.7. The van der Waals surface area contributed by atoms with Crippen LogP contribution >= 0.6 is 11.8 Å². The zero-order valence-electron chi connectivity index (χ0n) is 22.0. The molecule has 5 N–H and O–H groups in total. The molecule has 3 heterocycles. The Balaban J connectivity index is 1.51. The number of halogens is 3. The number of hydrogen-bond donors (Lipinski definition) is 5. The molecule has 2 aromatic rings. The summed E-state index contributed by atoms with van der Waals surface area (Å²) in [5.41, 5.74) is 0.528. The van der Waals surface area contributed by atoms with Crippen molar-refractivity contribution in [3.05, 3.63) is 64.3 Å². The van der Waals surface area contributed by atoms with Crippen LogP contribution in [-0.4, -0.2) is 72.7 Å².